The summed E-state index contributed by atoms with van der Waals surface area (Å²) < 4.78 is 5.86. The maximum Gasteiger partial charge on any atom is 0.338 e. The number of benzene rings is 2. The maximum atomic E-state index is 11.9. The minimum Gasteiger partial charge on any atom is -0.454 e. The van der Waals surface area contributed by atoms with E-state index in [4.69, 9.17) is 9.84 Å². The summed E-state index contributed by atoms with van der Waals surface area (Å²) in [7, 11) is 0. The smallest absolute Gasteiger partial charge is 0.338 e. The van der Waals surface area contributed by atoms with Gasteiger partial charge < -0.3 is 9.84 Å². The highest BCUT2D eigenvalue weighted by Gasteiger charge is 2.11. The molecule has 2 aromatic carbocycles. The molecule has 0 amide bonds. The number of ether oxygens (including phenoxy) is 1. The fraction of sp³-hybridized carbons (Fsp3) is 0.125. The predicted molar refractivity (Wildman–Crippen MR) is 81.1 cm³/mol. The van der Waals surface area contributed by atoms with Crippen LogP contribution in [-0.2, 0) is 11.3 Å². The van der Waals surface area contributed by atoms with Crippen LogP contribution in [0.2, 0.25) is 0 Å². The maximum absolute atomic E-state index is 11.9. The molecule has 0 unspecified atom stereocenters. The number of aliphatic hydroxyl groups is 1. The van der Waals surface area contributed by atoms with Gasteiger partial charge in [0.05, 0.1) is 12.2 Å². The first-order chi connectivity index (χ1) is 10.1. The molecule has 0 saturated heterocycles. The van der Waals surface area contributed by atoms with Gasteiger partial charge in [0.25, 0.3) is 0 Å². The molecule has 0 atom stereocenters. The summed E-state index contributed by atoms with van der Waals surface area (Å²) in [6.45, 7) is -0.389. The zero-order valence-corrected chi connectivity index (χ0v) is 12.7. The number of aliphatic hydroxyl groups excluding tert-OH is 1. The fourth-order valence-electron chi connectivity index (χ4n) is 1.68. The van der Waals surface area contributed by atoms with Gasteiger partial charge in [0, 0.05) is 10.0 Å². The molecule has 5 heteroatoms. The van der Waals surface area contributed by atoms with Crippen molar-refractivity contribution in [2.75, 3.05) is 6.61 Å². The van der Waals surface area contributed by atoms with Gasteiger partial charge in [-0.15, -0.1) is 0 Å². The van der Waals surface area contributed by atoms with E-state index < -0.39 is 5.97 Å². The average Bonchev–Trinajstić information content (AvgIpc) is 2.53. The largest absolute Gasteiger partial charge is 0.454 e. The molecule has 0 heterocycles. The summed E-state index contributed by atoms with van der Waals surface area (Å²) >= 11 is 3.28. The van der Waals surface area contributed by atoms with Crippen molar-refractivity contribution in [3.63, 3.8) is 0 Å². The zero-order valence-electron chi connectivity index (χ0n) is 11.1. The minimum absolute atomic E-state index is 0.0859. The average molecular weight is 349 g/mol. The Morgan fingerprint density at radius 3 is 2.10 bits per heavy atom. The van der Waals surface area contributed by atoms with Crippen molar-refractivity contribution in [1.29, 1.82) is 0 Å². The number of ketones is 1. The van der Waals surface area contributed by atoms with E-state index in [-0.39, 0.29) is 19.0 Å². The minimum atomic E-state index is -0.565. The number of carbonyl (C=O) groups is 2. The molecule has 108 valence electrons. The monoisotopic (exact) mass is 348 g/mol. The second-order valence-corrected chi connectivity index (χ2v) is 5.28. The molecule has 0 saturated carbocycles. The van der Waals surface area contributed by atoms with Crippen LogP contribution in [0, 0.1) is 0 Å². The van der Waals surface area contributed by atoms with Gasteiger partial charge in [0.2, 0.25) is 0 Å². The van der Waals surface area contributed by atoms with Gasteiger partial charge in [-0.25, -0.2) is 4.79 Å². The summed E-state index contributed by atoms with van der Waals surface area (Å²) in [5, 5.41) is 8.92. The second kappa shape index (κ2) is 7.15. The lowest BCUT2D eigenvalue weighted by molar-refractivity contribution is 0.0474. The van der Waals surface area contributed by atoms with E-state index in [0.29, 0.717) is 16.7 Å². The van der Waals surface area contributed by atoms with Crippen LogP contribution in [0.25, 0.3) is 0 Å². The van der Waals surface area contributed by atoms with Crippen molar-refractivity contribution >= 4 is 27.7 Å². The standard InChI is InChI=1S/C16H13BrO4/c17-14-7-5-12(6-8-14)15(19)10-21-16(20)13-3-1-11(9-18)2-4-13/h1-8,18H,9-10H2. The van der Waals surface area contributed by atoms with Crippen LogP contribution in [-0.4, -0.2) is 23.5 Å². The van der Waals surface area contributed by atoms with Gasteiger partial charge in [0.1, 0.15) is 0 Å². The number of hydrogen-bond acceptors (Lipinski definition) is 4. The Morgan fingerprint density at radius 2 is 1.52 bits per heavy atom. The molecule has 2 aromatic rings. The number of hydrogen-bond donors (Lipinski definition) is 1. The third-order valence-electron chi connectivity index (χ3n) is 2.87. The Labute approximate surface area is 130 Å². The normalized spacial score (nSPS) is 10.2. The van der Waals surface area contributed by atoms with Crippen molar-refractivity contribution in [2.45, 2.75) is 6.61 Å². The van der Waals surface area contributed by atoms with Crippen LogP contribution < -0.4 is 0 Å². The molecule has 0 bridgehead atoms. The van der Waals surface area contributed by atoms with Crippen molar-refractivity contribution in [2.24, 2.45) is 0 Å². The Kier molecular flexibility index (Phi) is 5.25. The molecule has 0 aliphatic heterocycles. The van der Waals surface area contributed by atoms with Gasteiger partial charge in [0.15, 0.2) is 12.4 Å². The third kappa shape index (κ3) is 4.24. The highest BCUT2D eigenvalue weighted by molar-refractivity contribution is 9.10. The Hall–Kier alpha value is -1.98. The number of rotatable bonds is 5. The Balaban J connectivity index is 1.93. The van der Waals surface area contributed by atoms with Crippen molar-refractivity contribution in [1.82, 2.24) is 0 Å². The molecule has 0 radical (unpaired) electrons. The zero-order chi connectivity index (χ0) is 15.2. The van der Waals surface area contributed by atoms with Gasteiger partial charge in [-0.1, -0.05) is 40.2 Å². The summed E-state index contributed by atoms with van der Waals surface area (Å²) in [6.07, 6.45) is 0. The van der Waals surface area contributed by atoms with Crippen LogP contribution in [0.15, 0.2) is 53.0 Å². The highest BCUT2D eigenvalue weighted by Crippen LogP contribution is 2.11. The molecule has 1 N–H and O–H groups in total. The van der Waals surface area contributed by atoms with Gasteiger partial charge in [-0.2, -0.15) is 0 Å². The van der Waals surface area contributed by atoms with Crippen LogP contribution in [0.5, 0.6) is 0 Å². The van der Waals surface area contributed by atoms with E-state index in [1.165, 1.54) is 0 Å². The van der Waals surface area contributed by atoms with Crippen LogP contribution in [0.4, 0.5) is 0 Å². The number of Topliss-reactive ketones (excluding diaryl/α,β-unsaturated/α-hetero) is 1. The van der Waals surface area contributed by atoms with Crippen LogP contribution >= 0.6 is 15.9 Å². The molecule has 2 rings (SSSR count). The lowest BCUT2D eigenvalue weighted by Gasteiger charge is -2.05. The topological polar surface area (TPSA) is 63.6 Å². The van der Waals surface area contributed by atoms with Gasteiger partial charge >= 0.3 is 5.97 Å². The fourth-order valence-corrected chi connectivity index (χ4v) is 1.94. The quantitative estimate of drug-likeness (QED) is 0.666. The molecule has 0 aromatic heterocycles. The first kappa shape index (κ1) is 15.4. The summed E-state index contributed by atoms with van der Waals surface area (Å²) in [6, 6.07) is 13.2. The van der Waals surface area contributed by atoms with E-state index in [0.717, 1.165) is 4.47 Å². The predicted octanol–water partition coefficient (Wildman–Crippen LogP) is 2.98. The van der Waals surface area contributed by atoms with E-state index >= 15 is 0 Å². The van der Waals surface area contributed by atoms with E-state index in [1.807, 2.05) is 0 Å². The molecule has 0 spiro atoms. The number of carbonyl (C=O) groups excluding carboxylic acids is 2. The Bertz CT molecular complexity index is 632. The first-order valence-corrected chi connectivity index (χ1v) is 7.05. The van der Waals surface area contributed by atoms with E-state index in [9.17, 15) is 9.59 Å². The van der Waals surface area contributed by atoms with Crippen molar-refractivity contribution in [3.8, 4) is 0 Å². The molecule has 0 aliphatic carbocycles. The molecule has 21 heavy (non-hydrogen) atoms. The summed E-state index contributed by atoms with van der Waals surface area (Å²) in [4.78, 5) is 23.7. The lowest BCUT2D eigenvalue weighted by Crippen LogP contribution is -2.14. The molecular formula is C16H13BrO4. The molecular weight excluding hydrogens is 336 g/mol. The van der Waals surface area contributed by atoms with Gasteiger partial charge in [-0.05, 0) is 29.8 Å². The number of halogens is 1. The van der Waals surface area contributed by atoms with Gasteiger partial charge in [-0.3, -0.25) is 4.79 Å². The summed E-state index contributed by atoms with van der Waals surface area (Å²) in [5.41, 5.74) is 1.54. The summed E-state index contributed by atoms with van der Waals surface area (Å²) in [5.74, 6) is -0.826. The van der Waals surface area contributed by atoms with Crippen LogP contribution in [0.1, 0.15) is 26.3 Å². The highest BCUT2D eigenvalue weighted by atomic mass is 79.9. The first-order valence-electron chi connectivity index (χ1n) is 6.26. The van der Waals surface area contributed by atoms with E-state index in [2.05, 4.69) is 15.9 Å². The number of esters is 1. The molecule has 0 fully saturated rings. The van der Waals surface area contributed by atoms with Crippen molar-refractivity contribution in [3.05, 3.63) is 69.7 Å². The lowest BCUT2D eigenvalue weighted by atomic mass is 10.1. The molecule has 4 nitrogen and oxygen atoms in total. The van der Waals surface area contributed by atoms with Crippen LogP contribution in [0.3, 0.4) is 0 Å². The molecule has 0 aliphatic rings. The van der Waals surface area contributed by atoms with E-state index in [1.54, 1.807) is 48.5 Å². The third-order valence-corrected chi connectivity index (χ3v) is 3.40. The van der Waals surface area contributed by atoms with Crippen molar-refractivity contribution < 1.29 is 19.4 Å². The second-order valence-electron chi connectivity index (χ2n) is 4.36. The Morgan fingerprint density at radius 1 is 0.952 bits per heavy atom. The SMILES string of the molecule is O=C(COC(=O)c1ccc(CO)cc1)c1ccc(Br)cc1.